The van der Waals surface area contributed by atoms with Gasteiger partial charge in [-0.25, -0.2) is 0 Å². The highest BCUT2D eigenvalue weighted by Crippen LogP contribution is 2.22. The quantitative estimate of drug-likeness (QED) is 0.901. The zero-order valence-corrected chi connectivity index (χ0v) is 12.3. The third-order valence-electron chi connectivity index (χ3n) is 4.02. The normalized spacial score (nSPS) is 17.5. The molecule has 2 heterocycles. The first kappa shape index (κ1) is 14.4. The van der Waals surface area contributed by atoms with Gasteiger partial charge >= 0.3 is 0 Å². The lowest BCUT2D eigenvalue weighted by Crippen LogP contribution is -2.34. The van der Waals surface area contributed by atoms with E-state index in [1.54, 1.807) is 12.1 Å². The van der Waals surface area contributed by atoms with Crippen molar-refractivity contribution in [1.82, 2.24) is 10.3 Å². The largest absolute Gasteiger partial charge is 0.371 e. The third kappa shape index (κ3) is 3.19. The number of carbonyl (C=O) groups excluding carboxylic acids is 1. The lowest BCUT2D eigenvalue weighted by atomic mass is 10.1. The van der Waals surface area contributed by atoms with E-state index >= 15 is 0 Å². The lowest BCUT2D eigenvalue weighted by molar-refractivity contribution is 0.0946. The topological polar surface area (TPSA) is 65.2 Å². The maximum Gasteiger partial charge on any atom is 0.260 e. The number of anilines is 1. The Hall–Kier alpha value is -2.56. The number of rotatable bonds is 4. The Labute approximate surface area is 129 Å². The molecule has 1 atom stereocenters. The van der Waals surface area contributed by atoms with E-state index in [9.17, 15) is 9.59 Å². The fourth-order valence-electron chi connectivity index (χ4n) is 2.81. The molecule has 1 aliphatic heterocycles. The Balaban J connectivity index is 1.54. The van der Waals surface area contributed by atoms with E-state index in [2.05, 4.69) is 27.3 Å². The van der Waals surface area contributed by atoms with Gasteiger partial charge in [-0.1, -0.05) is 18.2 Å². The van der Waals surface area contributed by atoms with E-state index in [0.29, 0.717) is 12.5 Å². The van der Waals surface area contributed by atoms with Crippen molar-refractivity contribution in [3.63, 3.8) is 0 Å². The number of benzene rings is 1. The summed E-state index contributed by atoms with van der Waals surface area (Å²) in [6.07, 6.45) is 2.56. The third-order valence-corrected chi connectivity index (χ3v) is 4.02. The standard InChI is InChI=1S/C17H19N3O2/c21-16-15(7-4-9-18-16)17(22)19-11-13-8-10-20(12-13)14-5-2-1-3-6-14/h1-7,9,13H,8,10-12H2,(H,18,21)(H,19,22)/t13-/m0/s1. The van der Waals surface area contributed by atoms with Crippen LogP contribution in [0.2, 0.25) is 0 Å². The summed E-state index contributed by atoms with van der Waals surface area (Å²) in [5.74, 6) is 0.104. The molecule has 1 saturated heterocycles. The van der Waals surface area contributed by atoms with Gasteiger partial charge in [-0.3, -0.25) is 9.59 Å². The van der Waals surface area contributed by atoms with Crippen LogP contribution in [0.4, 0.5) is 5.69 Å². The summed E-state index contributed by atoms with van der Waals surface area (Å²) in [4.78, 5) is 28.4. The molecule has 1 aromatic heterocycles. The lowest BCUT2D eigenvalue weighted by Gasteiger charge is -2.18. The van der Waals surface area contributed by atoms with E-state index in [4.69, 9.17) is 0 Å². The molecule has 0 aliphatic carbocycles. The van der Waals surface area contributed by atoms with Crippen molar-refractivity contribution in [2.24, 2.45) is 5.92 Å². The first-order chi connectivity index (χ1) is 10.7. The second-order valence-corrected chi connectivity index (χ2v) is 5.56. The summed E-state index contributed by atoms with van der Waals surface area (Å²) in [6, 6.07) is 13.5. The van der Waals surface area contributed by atoms with Crippen LogP contribution in [0.3, 0.4) is 0 Å². The number of nitrogens with one attached hydrogen (secondary N) is 2. The van der Waals surface area contributed by atoms with Crippen molar-refractivity contribution in [1.29, 1.82) is 0 Å². The first-order valence-electron chi connectivity index (χ1n) is 7.50. The molecule has 114 valence electrons. The molecule has 0 bridgehead atoms. The second-order valence-electron chi connectivity index (χ2n) is 5.56. The number of para-hydroxylation sites is 1. The minimum absolute atomic E-state index is 0.167. The van der Waals surface area contributed by atoms with Gasteiger partial charge in [-0.2, -0.15) is 0 Å². The highest BCUT2D eigenvalue weighted by molar-refractivity contribution is 5.93. The van der Waals surface area contributed by atoms with Crippen LogP contribution in [-0.4, -0.2) is 30.5 Å². The number of hydrogen-bond acceptors (Lipinski definition) is 3. The Morgan fingerprint density at radius 2 is 2.05 bits per heavy atom. The van der Waals surface area contributed by atoms with Gasteiger partial charge < -0.3 is 15.2 Å². The second kappa shape index (κ2) is 6.47. The van der Waals surface area contributed by atoms with Crippen LogP contribution in [0.5, 0.6) is 0 Å². The van der Waals surface area contributed by atoms with Crippen molar-refractivity contribution >= 4 is 11.6 Å². The maximum atomic E-state index is 12.0. The zero-order valence-electron chi connectivity index (χ0n) is 12.3. The summed E-state index contributed by atoms with van der Waals surface area (Å²) in [5, 5.41) is 2.87. The van der Waals surface area contributed by atoms with Crippen molar-refractivity contribution in [2.45, 2.75) is 6.42 Å². The minimum Gasteiger partial charge on any atom is -0.371 e. The molecule has 5 nitrogen and oxygen atoms in total. The van der Waals surface area contributed by atoms with Gasteiger partial charge in [0.1, 0.15) is 5.56 Å². The number of H-pyrrole nitrogens is 1. The van der Waals surface area contributed by atoms with E-state index in [0.717, 1.165) is 19.5 Å². The van der Waals surface area contributed by atoms with E-state index in [-0.39, 0.29) is 17.0 Å². The number of nitrogens with zero attached hydrogens (tertiary/aromatic N) is 1. The monoisotopic (exact) mass is 297 g/mol. The molecule has 0 radical (unpaired) electrons. The Morgan fingerprint density at radius 3 is 2.82 bits per heavy atom. The van der Waals surface area contributed by atoms with Gasteiger partial charge in [-0.05, 0) is 36.6 Å². The van der Waals surface area contributed by atoms with Crippen LogP contribution < -0.4 is 15.8 Å². The van der Waals surface area contributed by atoms with Gasteiger partial charge in [0.2, 0.25) is 0 Å². The van der Waals surface area contributed by atoms with Crippen LogP contribution in [0.25, 0.3) is 0 Å². The molecule has 1 aromatic carbocycles. The number of amides is 1. The smallest absolute Gasteiger partial charge is 0.260 e. The van der Waals surface area contributed by atoms with Crippen molar-refractivity contribution in [3.8, 4) is 0 Å². The Kier molecular flexibility index (Phi) is 4.23. The molecule has 0 saturated carbocycles. The summed E-state index contributed by atoms with van der Waals surface area (Å²) in [5.41, 5.74) is 1.04. The predicted molar refractivity (Wildman–Crippen MR) is 86.2 cm³/mol. The van der Waals surface area contributed by atoms with Crippen LogP contribution in [-0.2, 0) is 0 Å². The van der Waals surface area contributed by atoms with Crippen molar-refractivity contribution in [2.75, 3.05) is 24.5 Å². The molecule has 1 fully saturated rings. The highest BCUT2D eigenvalue weighted by Gasteiger charge is 2.23. The average molecular weight is 297 g/mol. The predicted octanol–water partition coefficient (Wildman–Crippen LogP) is 1.63. The first-order valence-corrected chi connectivity index (χ1v) is 7.50. The van der Waals surface area contributed by atoms with Crippen molar-refractivity contribution < 1.29 is 4.79 Å². The van der Waals surface area contributed by atoms with E-state index < -0.39 is 0 Å². The molecule has 3 rings (SSSR count). The minimum atomic E-state index is -0.350. The fourth-order valence-corrected chi connectivity index (χ4v) is 2.81. The molecule has 5 heteroatoms. The molecule has 2 N–H and O–H groups in total. The molecular weight excluding hydrogens is 278 g/mol. The van der Waals surface area contributed by atoms with Crippen LogP contribution in [0.15, 0.2) is 53.5 Å². The Bertz CT molecular complexity index is 696. The van der Waals surface area contributed by atoms with Crippen LogP contribution in [0.1, 0.15) is 16.8 Å². The van der Waals surface area contributed by atoms with E-state index in [1.807, 2.05) is 18.2 Å². The SMILES string of the molecule is O=C(NC[C@@H]1CCN(c2ccccc2)C1)c1ccc[nH]c1=O. The molecule has 0 spiro atoms. The van der Waals surface area contributed by atoms with Crippen LogP contribution >= 0.6 is 0 Å². The summed E-state index contributed by atoms with van der Waals surface area (Å²) < 4.78 is 0. The maximum absolute atomic E-state index is 12.0. The van der Waals surface area contributed by atoms with Gasteiger partial charge in [0.15, 0.2) is 0 Å². The van der Waals surface area contributed by atoms with Gasteiger partial charge in [0.25, 0.3) is 11.5 Å². The summed E-state index contributed by atoms with van der Waals surface area (Å²) in [7, 11) is 0. The Morgan fingerprint density at radius 1 is 1.23 bits per heavy atom. The van der Waals surface area contributed by atoms with Crippen LogP contribution in [0, 0.1) is 5.92 Å². The fraction of sp³-hybridized carbons (Fsp3) is 0.294. The summed E-state index contributed by atoms with van der Waals surface area (Å²) in [6.45, 7) is 2.52. The number of carbonyl (C=O) groups is 1. The number of pyridine rings is 1. The highest BCUT2D eigenvalue weighted by atomic mass is 16.2. The van der Waals surface area contributed by atoms with Gasteiger partial charge in [-0.15, -0.1) is 0 Å². The average Bonchev–Trinajstić information content (AvgIpc) is 3.03. The zero-order chi connectivity index (χ0) is 15.4. The van der Waals surface area contributed by atoms with E-state index in [1.165, 1.54) is 11.9 Å². The molecule has 0 unspecified atom stereocenters. The molecule has 1 amide bonds. The number of aromatic amines is 1. The molecule has 2 aromatic rings. The van der Waals surface area contributed by atoms with Gasteiger partial charge in [0, 0.05) is 31.5 Å². The van der Waals surface area contributed by atoms with Gasteiger partial charge in [0.05, 0.1) is 0 Å². The van der Waals surface area contributed by atoms with Crippen molar-refractivity contribution in [3.05, 3.63) is 64.6 Å². The molecule has 22 heavy (non-hydrogen) atoms. The number of hydrogen-bond donors (Lipinski definition) is 2. The summed E-state index contributed by atoms with van der Waals surface area (Å²) >= 11 is 0. The number of aromatic nitrogens is 1. The molecule has 1 aliphatic rings. The molecular formula is C17H19N3O2.